The predicted molar refractivity (Wildman–Crippen MR) is 86.3 cm³/mol. The maximum absolute atomic E-state index is 12.3. The molecule has 2 fully saturated rings. The van der Waals surface area contributed by atoms with E-state index < -0.39 is 18.2 Å². The van der Waals surface area contributed by atoms with Crippen molar-refractivity contribution in [3.05, 3.63) is 11.9 Å². The van der Waals surface area contributed by atoms with Crippen LogP contribution in [0.25, 0.3) is 0 Å². The number of aliphatic hydroxyl groups excluding tert-OH is 2. The molecule has 3 rings (SSSR count). The van der Waals surface area contributed by atoms with Crippen molar-refractivity contribution in [1.29, 1.82) is 0 Å². The highest BCUT2D eigenvalue weighted by atomic mass is 16.5. The fraction of sp³-hybridized carbons (Fsp3) is 0.812. The summed E-state index contributed by atoms with van der Waals surface area (Å²) in [4.78, 5) is 12.3. The number of aliphatic hydroxyl groups is 2. The normalized spacial score (nSPS) is 30.5. The van der Waals surface area contributed by atoms with Gasteiger partial charge in [0.25, 0.3) is 0 Å². The van der Waals surface area contributed by atoms with E-state index in [1.807, 2.05) is 0 Å². The van der Waals surface area contributed by atoms with E-state index in [1.165, 1.54) is 0 Å². The molecule has 9 nitrogen and oxygen atoms in total. The van der Waals surface area contributed by atoms with Crippen LogP contribution in [0.5, 0.6) is 0 Å². The lowest BCUT2D eigenvalue weighted by Crippen LogP contribution is -2.46. The second-order valence-electron chi connectivity index (χ2n) is 6.84. The molecule has 2 aliphatic rings. The highest BCUT2D eigenvalue weighted by Gasteiger charge is 2.43. The molecule has 3 N–H and O–H groups in total. The van der Waals surface area contributed by atoms with Gasteiger partial charge >= 0.3 is 0 Å². The number of carbonyl (C=O) groups excluding carboxylic acids is 1. The Bertz CT molecular complexity index is 575. The molecule has 1 amide bonds. The van der Waals surface area contributed by atoms with Crippen LogP contribution in [0.4, 0.5) is 0 Å². The fourth-order valence-corrected chi connectivity index (χ4v) is 3.59. The highest BCUT2D eigenvalue weighted by Crippen LogP contribution is 2.29. The van der Waals surface area contributed by atoms with Crippen molar-refractivity contribution in [1.82, 2.24) is 20.3 Å². The minimum atomic E-state index is -0.976. The molecule has 0 aromatic carbocycles. The van der Waals surface area contributed by atoms with E-state index in [0.29, 0.717) is 51.3 Å². The lowest BCUT2D eigenvalue weighted by Gasteiger charge is -2.24. The zero-order valence-corrected chi connectivity index (χ0v) is 14.4. The molecule has 140 valence electrons. The summed E-state index contributed by atoms with van der Waals surface area (Å²) in [6.45, 7) is 1.98. The predicted octanol–water partition coefficient (Wildman–Crippen LogP) is -0.922. The van der Waals surface area contributed by atoms with Crippen LogP contribution < -0.4 is 5.32 Å². The number of hydrogen-bond donors (Lipinski definition) is 3. The molecule has 1 saturated carbocycles. The number of nitrogens with zero attached hydrogens (tertiary/aromatic N) is 3. The van der Waals surface area contributed by atoms with Crippen molar-refractivity contribution in [3.8, 4) is 0 Å². The fourth-order valence-electron chi connectivity index (χ4n) is 3.59. The van der Waals surface area contributed by atoms with Crippen LogP contribution >= 0.6 is 0 Å². The molecule has 1 aliphatic heterocycles. The molecule has 0 bridgehead atoms. The van der Waals surface area contributed by atoms with Crippen molar-refractivity contribution < 1.29 is 24.5 Å². The van der Waals surface area contributed by atoms with Crippen molar-refractivity contribution in [3.63, 3.8) is 0 Å². The van der Waals surface area contributed by atoms with Crippen molar-refractivity contribution in [2.45, 2.75) is 50.7 Å². The number of carbonyl (C=O) groups is 1. The number of aromatic nitrogens is 3. The van der Waals surface area contributed by atoms with Gasteiger partial charge in [-0.1, -0.05) is 5.21 Å². The molecule has 4 atom stereocenters. The van der Waals surface area contributed by atoms with Crippen LogP contribution in [-0.2, 0) is 27.4 Å². The van der Waals surface area contributed by atoms with Crippen LogP contribution in [0, 0.1) is 11.8 Å². The van der Waals surface area contributed by atoms with Crippen LogP contribution in [-0.4, -0.2) is 69.7 Å². The highest BCUT2D eigenvalue weighted by molar-refractivity contribution is 5.79. The number of amides is 1. The third kappa shape index (κ3) is 4.35. The van der Waals surface area contributed by atoms with Crippen LogP contribution in [0.15, 0.2) is 6.20 Å². The van der Waals surface area contributed by atoms with Gasteiger partial charge in [0.05, 0.1) is 24.9 Å². The Balaban J connectivity index is 1.55. The van der Waals surface area contributed by atoms with Gasteiger partial charge in [0.1, 0.15) is 11.8 Å². The molecule has 1 saturated heterocycles. The van der Waals surface area contributed by atoms with Gasteiger partial charge in [0.2, 0.25) is 5.91 Å². The molecule has 0 spiro atoms. The molecule has 0 unspecified atom stereocenters. The smallest absolute Gasteiger partial charge is 0.223 e. The topological polar surface area (TPSA) is 119 Å². The molecular formula is C16H26N4O5. The van der Waals surface area contributed by atoms with E-state index in [4.69, 9.17) is 9.47 Å². The Kier molecular flexibility index (Phi) is 6.00. The summed E-state index contributed by atoms with van der Waals surface area (Å²) in [6, 6.07) is -0.447. The number of ether oxygens (including phenoxy) is 2. The Morgan fingerprint density at radius 3 is 2.88 bits per heavy atom. The molecule has 1 aromatic heterocycles. The molecule has 25 heavy (non-hydrogen) atoms. The summed E-state index contributed by atoms with van der Waals surface area (Å²) in [5.41, 5.74) is 0.708. The van der Waals surface area contributed by atoms with Crippen LogP contribution in [0.1, 0.15) is 25.0 Å². The quantitative estimate of drug-likeness (QED) is 0.604. The molecule has 1 aliphatic carbocycles. The molecule has 1 aromatic rings. The standard InChI is InChI=1S/C16H26N4O5/c1-24-9-12-8-20(19-18-12)7-11-6-13(15(22)14(11)21)17-16(23)10-2-4-25-5-3-10/h8,10-11,13-15,21-22H,2-7,9H2,1H3,(H,17,23)/t11-,13-,14-,15+/m1/s1. The lowest BCUT2D eigenvalue weighted by atomic mass is 9.98. The summed E-state index contributed by atoms with van der Waals surface area (Å²) in [6.07, 6.45) is 1.77. The summed E-state index contributed by atoms with van der Waals surface area (Å²) in [7, 11) is 1.59. The average molecular weight is 354 g/mol. The molecular weight excluding hydrogens is 328 g/mol. The Morgan fingerprint density at radius 1 is 1.40 bits per heavy atom. The van der Waals surface area contributed by atoms with E-state index in [-0.39, 0.29) is 17.7 Å². The Hall–Kier alpha value is -1.55. The first-order valence-electron chi connectivity index (χ1n) is 8.70. The maximum Gasteiger partial charge on any atom is 0.223 e. The van der Waals surface area contributed by atoms with E-state index in [1.54, 1.807) is 18.0 Å². The van der Waals surface area contributed by atoms with Gasteiger partial charge in [0, 0.05) is 38.7 Å². The minimum absolute atomic E-state index is 0.0664. The summed E-state index contributed by atoms with van der Waals surface area (Å²) in [5.74, 6) is -0.348. The van der Waals surface area contributed by atoms with Gasteiger partial charge in [-0.3, -0.25) is 9.48 Å². The Labute approximate surface area is 146 Å². The third-order valence-electron chi connectivity index (χ3n) is 5.02. The van der Waals surface area contributed by atoms with Gasteiger partial charge in [-0.15, -0.1) is 5.10 Å². The Morgan fingerprint density at radius 2 is 2.16 bits per heavy atom. The first kappa shape index (κ1) is 18.2. The minimum Gasteiger partial charge on any atom is -0.390 e. The van der Waals surface area contributed by atoms with Crippen molar-refractivity contribution in [2.24, 2.45) is 11.8 Å². The summed E-state index contributed by atoms with van der Waals surface area (Å²) in [5, 5.41) is 31.5. The van der Waals surface area contributed by atoms with Crippen LogP contribution in [0.2, 0.25) is 0 Å². The summed E-state index contributed by atoms with van der Waals surface area (Å²) >= 11 is 0. The lowest BCUT2D eigenvalue weighted by molar-refractivity contribution is -0.129. The third-order valence-corrected chi connectivity index (χ3v) is 5.02. The molecule has 0 radical (unpaired) electrons. The SMILES string of the molecule is COCc1cn(C[C@H]2C[C@@H](NC(=O)C3CCOCC3)[C@H](O)[C@@H]2O)nn1. The number of hydrogen-bond acceptors (Lipinski definition) is 7. The molecule has 9 heteroatoms. The zero-order valence-electron chi connectivity index (χ0n) is 14.4. The van der Waals surface area contributed by atoms with Gasteiger partial charge < -0.3 is 25.0 Å². The van der Waals surface area contributed by atoms with Gasteiger partial charge in [-0.2, -0.15) is 0 Å². The number of methoxy groups -OCH3 is 1. The first-order valence-corrected chi connectivity index (χ1v) is 8.70. The van der Waals surface area contributed by atoms with E-state index in [0.717, 1.165) is 0 Å². The average Bonchev–Trinajstić information content (AvgIpc) is 3.16. The number of nitrogens with one attached hydrogen (secondary N) is 1. The second-order valence-corrected chi connectivity index (χ2v) is 6.84. The van der Waals surface area contributed by atoms with Gasteiger partial charge in [-0.25, -0.2) is 0 Å². The van der Waals surface area contributed by atoms with Crippen molar-refractivity contribution >= 4 is 5.91 Å². The van der Waals surface area contributed by atoms with Gasteiger partial charge in [0.15, 0.2) is 0 Å². The zero-order chi connectivity index (χ0) is 17.8. The molecule has 2 heterocycles. The van der Waals surface area contributed by atoms with Gasteiger partial charge in [-0.05, 0) is 19.3 Å². The maximum atomic E-state index is 12.3. The summed E-state index contributed by atoms with van der Waals surface area (Å²) < 4.78 is 11.9. The van der Waals surface area contributed by atoms with Crippen molar-refractivity contribution in [2.75, 3.05) is 20.3 Å². The van der Waals surface area contributed by atoms with E-state index in [9.17, 15) is 15.0 Å². The van der Waals surface area contributed by atoms with Crippen LogP contribution in [0.3, 0.4) is 0 Å². The van der Waals surface area contributed by atoms with E-state index in [2.05, 4.69) is 15.6 Å². The number of rotatable bonds is 6. The second kappa shape index (κ2) is 8.22. The first-order chi connectivity index (χ1) is 12.1. The van der Waals surface area contributed by atoms with E-state index >= 15 is 0 Å². The largest absolute Gasteiger partial charge is 0.390 e. The monoisotopic (exact) mass is 354 g/mol.